The summed E-state index contributed by atoms with van der Waals surface area (Å²) < 4.78 is 23.8. The fourth-order valence-electron chi connectivity index (χ4n) is 3.57. The minimum Gasteiger partial charge on any atom is -0.368 e. The van der Waals surface area contributed by atoms with Crippen molar-refractivity contribution in [2.24, 2.45) is 5.14 Å². The fourth-order valence-corrected chi connectivity index (χ4v) is 4.25. The summed E-state index contributed by atoms with van der Waals surface area (Å²) >= 11 is 0. The lowest BCUT2D eigenvalue weighted by atomic mass is 10.2. The molecular weight excluding hydrogens is 382 g/mol. The number of hydrogen-bond donors (Lipinski definition) is 1. The predicted molar refractivity (Wildman–Crippen MR) is 106 cm³/mol. The van der Waals surface area contributed by atoms with Gasteiger partial charge in [0.25, 0.3) is 10.2 Å². The van der Waals surface area contributed by atoms with Crippen molar-refractivity contribution >= 4 is 27.7 Å². The van der Waals surface area contributed by atoms with E-state index < -0.39 is 10.2 Å². The molecule has 10 heteroatoms. The van der Waals surface area contributed by atoms with Crippen molar-refractivity contribution in [3.8, 4) is 0 Å². The number of amides is 2. The lowest BCUT2D eigenvalue weighted by Gasteiger charge is -2.36. The van der Waals surface area contributed by atoms with E-state index in [0.29, 0.717) is 26.2 Å². The Morgan fingerprint density at radius 2 is 1.25 bits per heavy atom. The molecule has 154 valence electrons. The standard InChI is InChI=1S/C18H27N5O4S/c19-28(26,27)23-14-12-22(13-15-23)18(25)7-6-17(24)21-10-8-20(9-11-21)16-4-2-1-3-5-16/h1-5H,6-15H2,(H2,19,26,27). The molecule has 1 aromatic carbocycles. The second-order valence-electron chi connectivity index (χ2n) is 7.03. The normalized spacial score (nSPS) is 19.0. The third-order valence-corrected chi connectivity index (χ3v) is 6.34. The van der Waals surface area contributed by atoms with Gasteiger partial charge < -0.3 is 14.7 Å². The Morgan fingerprint density at radius 3 is 1.71 bits per heavy atom. The van der Waals surface area contributed by atoms with E-state index in [-0.39, 0.29) is 37.7 Å². The summed E-state index contributed by atoms with van der Waals surface area (Å²) in [6, 6.07) is 10.1. The van der Waals surface area contributed by atoms with Gasteiger partial charge in [0.2, 0.25) is 11.8 Å². The summed E-state index contributed by atoms with van der Waals surface area (Å²) in [4.78, 5) is 30.4. The molecule has 2 fully saturated rings. The van der Waals surface area contributed by atoms with Gasteiger partial charge in [0.1, 0.15) is 0 Å². The van der Waals surface area contributed by atoms with Gasteiger partial charge in [0.15, 0.2) is 0 Å². The van der Waals surface area contributed by atoms with E-state index in [1.165, 1.54) is 0 Å². The van der Waals surface area contributed by atoms with Crippen LogP contribution in [0.15, 0.2) is 30.3 Å². The first kappa shape index (κ1) is 20.6. The molecule has 28 heavy (non-hydrogen) atoms. The SMILES string of the molecule is NS(=O)(=O)N1CCN(C(=O)CCC(=O)N2CCN(c3ccccc3)CC2)CC1. The van der Waals surface area contributed by atoms with Gasteiger partial charge in [-0.3, -0.25) is 9.59 Å². The van der Waals surface area contributed by atoms with Gasteiger partial charge in [-0.25, -0.2) is 5.14 Å². The van der Waals surface area contributed by atoms with E-state index in [2.05, 4.69) is 17.0 Å². The van der Waals surface area contributed by atoms with Gasteiger partial charge in [0, 0.05) is 70.9 Å². The van der Waals surface area contributed by atoms with Gasteiger partial charge in [-0.05, 0) is 12.1 Å². The van der Waals surface area contributed by atoms with Crippen molar-refractivity contribution in [3.63, 3.8) is 0 Å². The number of piperazine rings is 2. The summed E-state index contributed by atoms with van der Waals surface area (Å²) in [5.41, 5.74) is 1.16. The van der Waals surface area contributed by atoms with Crippen LogP contribution in [0.5, 0.6) is 0 Å². The first-order valence-corrected chi connectivity index (χ1v) is 11.0. The highest BCUT2D eigenvalue weighted by Crippen LogP contribution is 2.16. The molecule has 2 aliphatic rings. The Balaban J connectivity index is 1.39. The predicted octanol–water partition coefficient (Wildman–Crippen LogP) is -0.537. The van der Waals surface area contributed by atoms with Crippen LogP contribution in [0, 0.1) is 0 Å². The Bertz CT molecular complexity index is 785. The summed E-state index contributed by atoms with van der Waals surface area (Å²) in [5.74, 6) is -0.130. The number of hydrogen-bond acceptors (Lipinski definition) is 5. The molecule has 2 heterocycles. The smallest absolute Gasteiger partial charge is 0.277 e. The van der Waals surface area contributed by atoms with Gasteiger partial charge in [-0.1, -0.05) is 18.2 Å². The molecule has 0 aliphatic carbocycles. The van der Waals surface area contributed by atoms with Gasteiger partial charge in [0.05, 0.1) is 0 Å². The Labute approximate surface area is 165 Å². The van der Waals surface area contributed by atoms with Gasteiger partial charge >= 0.3 is 0 Å². The Hall–Kier alpha value is -2.17. The summed E-state index contributed by atoms with van der Waals surface area (Å²) in [5, 5.41) is 5.10. The van der Waals surface area contributed by atoms with Crippen molar-refractivity contribution in [2.75, 3.05) is 57.3 Å². The highest BCUT2D eigenvalue weighted by Gasteiger charge is 2.27. The van der Waals surface area contributed by atoms with E-state index >= 15 is 0 Å². The third kappa shape index (κ3) is 5.21. The van der Waals surface area contributed by atoms with E-state index in [9.17, 15) is 18.0 Å². The van der Waals surface area contributed by atoms with Gasteiger partial charge in [-0.2, -0.15) is 12.7 Å². The molecule has 2 saturated heterocycles. The first-order valence-electron chi connectivity index (χ1n) is 9.48. The average Bonchev–Trinajstić information content (AvgIpc) is 2.72. The van der Waals surface area contributed by atoms with Crippen LogP contribution < -0.4 is 10.0 Å². The van der Waals surface area contributed by atoms with Crippen LogP contribution in [0.3, 0.4) is 0 Å². The van der Waals surface area contributed by atoms with Crippen molar-refractivity contribution in [2.45, 2.75) is 12.8 Å². The van der Waals surface area contributed by atoms with Crippen LogP contribution in [-0.4, -0.2) is 86.7 Å². The third-order valence-electron chi connectivity index (χ3n) is 5.26. The minimum absolute atomic E-state index is 0.00997. The topological polar surface area (TPSA) is 107 Å². The number of anilines is 1. The van der Waals surface area contributed by atoms with Crippen molar-refractivity contribution in [1.82, 2.24) is 14.1 Å². The second-order valence-corrected chi connectivity index (χ2v) is 8.57. The van der Waals surface area contributed by atoms with Crippen LogP contribution in [0.25, 0.3) is 0 Å². The number of nitrogens with two attached hydrogens (primary N) is 1. The molecule has 0 spiro atoms. The van der Waals surface area contributed by atoms with E-state index in [0.717, 1.165) is 23.1 Å². The quantitative estimate of drug-likeness (QED) is 0.703. The largest absolute Gasteiger partial charge is 0.368 e. The molecule has 0 aromatic heterocycles. The highest BCUT2D eigenvalue weighted by atomic mass is 32.2. The lowest BCUT2D eigenvalue weighted by molar-refractivity contribution is -0.137. The average molecular weight is 410 g/mol. The number of benzene rings is 1. The molecule has 3 rings (SSSR count). The van der Waals surface area contributed by atoms with E-state index in [1.807, 2.05) is 23.1 Å². The molecule has 0 bridgehead atoms. The number of para-hydroxylation sites is 1. The zero-order valence-corrected chi connectivity index (χ0v) is 16.7. The van der Waals surface area contributed by atoms with Crippen molar-refractivity contribution < 1.29 is 18.0 Å². The first-order chi connectivity index (χ1) is 13.3. The zero-order chi connectivity index (χ0) is 20.1. The lowest BCUT2D eigenvalue weighted by Crippen LogP contribution is -2.52. The molecule has 9 nitrogen and oxygen atoms in total. The molecule has 0 atom stereocenters. The van der Waals surface area contributed by atoms with E-state index in [4.69, 9.17) is 5.14 Å². The summed E-state index contributed by atoms with van der Waals surface area (Å²) in [7, 11) is -3.71. The zero-order valence-electron chi connectivity index (χ0n) is 15.9. The van der Waals surface area contributed by atoms with Crippen LogP contribution in [0.1, 0.15) is 12.8 Å². The number of rotatable bonds is 5. The van der Waals surface area contributed by atoms with E-state index in [1.54, 1.807) is 4.90 Å². The Kier molecular flexibility index (Phi) is 6.53. The number of carbonyl (C=O) groups excluding carboxylic acids is 2. The molecule has 2 aliphatic heterocycles. The molecule has 0 saturated carbocycles. The second kappa shape index (κ2) is 8.89. The van der Waals surface area contributed by atoms with Crippen molar-refractivity contribution in [3.05, 3.63) is 30.3 Å². The maximum Gasteiger partial charge on any atom is 0.277 e. The van der Waals surface area contributed by atoms with Crippen LogP contribution in [-0.2, 0) is 19.8 Å². The van der Waals surface area contributed by atoms with Gasteiger partial charge in [-0.15, -0.1) is 0 Å². The Morgan fingerprint density at radius 1 is 0.786 bits per heavy atom. The minimum atomic E-state index is -3.71. The molecule has 1 aromatic rings. The number of nitrogens with zero attached hydrogens (tertiary/aromatic N) is 4. The van der Waals surface area contributed by atoms with Crippen LogP contribution in [0.2, 0.25) is 0 Å². The monoisotopic (exact) mass is 409 g/mol. The maximum absolute atomic E-state index is 12.4. The highest BCUT2D eigenvalue weighted by molar-refractivity contribution is 7.86. The summed E-state index contributed by atoms with van der Waals surface area (Å²) in [6.45, 7) is 3.85. The molecular formula is C18H27N5O4S. The maximum atomic E-state index is 12.4. The van der Waals surface area contributed by atoms with Crippen LogP contribution in [0.4, 0.5) is 5.69 Å². The molecule has 0 unspecified atom stereocenters. The molecule has 0 radical (unpaired) electrons. The molecule has 2 N–H and O–H groups in total. The van der Waals surface area contributed by atoms with Crippen LogP contribution >= 0.6 is 0 Å². The number of carbonyl (C=O) groups is 2. The molecule has 2 amide bonds. The van der Waals surface area contributed by atoms with Crippen molar-refractivity contribution in [1.29, 1.82) is 0 Å². The fraction of sp³-hybridized carbons (Fsp3) is 0.556. The summed E-state index contributed by atoms with van der Waals surface area (Å²) in [6.07, 6.45) is 0.326.